The van der Waals surface area contributed by atoms with Gasteiger partial charge in [-0.25, -0.2) is 4.79 Å². The van der Waals surface area contributed by atoms with Crippen LogP contribution in [0, 0.1) is 10.1 Å². The molecule has 0 aliphatic carbocycles. The highest BCUT2D eigenvalue weighted by molar-refractivity contribution is 6.36. The highest BCUT2D eigenvalue weighted by Crippen LogP contribution is 2.26. The number of anilines is 1. The van der Waals surface area contributed by atoms with Crippen LogP contribution >= 0.6 is 11.6 Å². The molecule has 0 aliphatic rings. The van der Waals surface area contributed by atoms with Gasteiger partial charge in [0.25, 0.3) is 5.91 Å². The number of nitrogens with zero attached hydrogens (tertiary/aromatic N) is 4. The van der Waals surface area contributed by atoms with Gasteiger partial charge in [0.2, 0.25) is 0 Å². The maximum Gasteiger partial charge on any atom is 0.362 e. The Morgan fingerprint density at radius 3 is 2.83 bits per heavy atom. The molecule has 2 rings (SSSR count). The van der Waals surface area contributed by atoms with Crippen LogP contribution in [0.5, 0.6) is 0 Å². The zero-order valence-corrected chi connectivity index (χ0v) is 12.7. The van der Waals surface area contributed by atoms with Crippen molar-refractivity contribution < 1.29 is 19.2 Å². The number of amides is 1. The third kappa shape index (κ3) is 3.13. The van der Waals surface area contributed by atoms with Crippen LogP contribution in [0.2, 0.25) is 5.02 Å². The van der Waals surface area contributed by atoms with Gasteiger partial charge in [-0.3, -0.25) is 9.48 Å². The first kappa shape index (κ1) is 16.4. The zero-order chi connectivity index (χ0) is 17.1. The number of hydrogen-bond acceptors (Lipinski definition) is 7. The Kier molecular flexibility index (Phi) is 4.60. The number of esters is 1. The fraction of sp³-hybridized carbons (Fsp3) is 0.273. The predicted octanol–water partition coefficient (Wildman–Crippen LogP) is 1.13. The molecule has 0 unspecified atom stereocenters. The van der Waals surface area contributed by atoms with Crippen LogP contribution in [-0.4, -0.2) is 43.4 Å². The van der Waals surface area contributed by atoms with E-state index in [2.05, 4.69) is 20.6 Å². The second-order valence-electron chi connectivity index (χ2n) is 4.20. The summed E-state index contributed by atoms with van der Waals surface area (Å²) in [6.45, 7) is 1.79. The number of aromatic amines is 1. The lowest BCUT2D eigenvalue weighted by atomic mass is 10.3. The Labute approximate surface area is 133 Å². The van der Waals surface area contributed by atoms with Gasteiger partial charge in [-0.05, 0) is 11.8 Å². The second-order valence-corrected chi connectivity index (χ2v) is 4.57. The summed E-state index contributed by atoms with van der Waals surface area (Å²) in [6, 6.07) is 0. The van der Waals surface area contributed by atoms with Gasteiger partial charge in [-0.1, -0.05) is 16.7 Å². The second kappa shape index (κ2) is 6.44. The number of rotatable bonds is 5. The zero-order valence-electron chi connectivity index (χ0n) is 12.0. The molecule has 122 valence electrons. The number of H-pyrrole nitrogens is 1. The minimum atomic E-state index is -0.839. The number of nitro groups is 1. The first-order valence-corrected chi connectivity index (χ1v) is 6.63. The molecule has 0 fully saturated rings. The van der Waals surface area contributed by atoms with Crippen molar-refractivity contribution in [2.24, 2.45) is 7.05 Å². The third-order valence-corrected chi connectivity index (χ3v) is 3.11. The number of halogens is 1. The fourth-order valence-electron chi connectivity index (χ4n) is 1.70. The molecule has 0 spiro atoms. The van der Waals surface area contributed by atoms with Crippen molar-refractivity contribution in [2.45, 2.75) is 6.92 Å². The van der Waals surface area contributed by atoms with Gasteiger partial charge in [0.1, 0.15) is 11.4 Å². The molecule has 0 atom stereocenters. The van der Waals surface area contributed by atoms with Crippen LogP contribution < -0.4 is 5.32 Å². The Balaban J connectivity index is 2.29. The molecule has 0 aromatic carbocycles. The summed E-state index contributed by atoms with van der Waals surface area (Å²) in [7, 11) is 1.49. The lowest BCUT2D eigenvalue weighted by Crippen LogP contribution is -2.18. The molecular formula is C11H11ClN6O5. The molecule has 0 radical (unpaired) electrons. The number of ether oxygens (including phenoxy) is 1. The van der Waals surface area contributed by atoms with Gasteiger partial charge < -0.3 is 20.2 Å². The summed E-state index contributed by atoms with van der Waals surface area (Å²) in [5, 5.41) is 22.0. The van der Waals surface area contributed by atoms with Crippen molar-refractivity contribution in [1.82, 2.24) is 20.0 Å². The van der Waals surface area contributed by atoms with E-state index in [1.807, 2.05) is 0 Å². The lowest BCUT2D eigenvalue weighted by molar-refractivity contribution is -0.389. The summed E-state index contributed by atoms with van der Waals surface area (Å²) in [4.78, 5) is 33.8. The molecule has 12 heteroatoms. The Hall–Kier alpha value is -2.95. The highest BCUT2D eigenvalue weighted by Gasteiger charge is 2.27. The number of aromatic nitrogens is 4. The summed E-state index contributed by atoms with van der Waals surface area (Å²) < 4.78 is 6.08. The standard InChI is InChI=1S/C11H11ClN6O5/c1-3-23-11(20)5-4-13-17(2)8(5)14-10(19)7-6(12)9(16-15-7)18(21)22/h4H,3H2,1-2H3,(H,14,19)(H,15,16). The van der Waals surface area contributed by atoms with E-state index in [4.69, 9.17) is 16.3 Å². The average molecular weight is 343 g/mol. The van der Waals surface area contributed by atoms with Crippen molar-refractivity contribution in [1.29, 1.82) is 0 Å². The largest absolute Gasteiger partial charge is 0.462 e. The van der Waals surface area contributed by atoms with Crippen molar-refractivity contribution >= 4 is 35.1 Å². The van der Waals surface area contributed by atoms with E-state index in [1.54, 1.807) is 6.92 Å². The Morgan fingerprint density at radius 2 is 2.26 bits per heavy atom. The van der Waals surface area contributed by atoms with Gasteiger partial charge in [-0.15, -0.1) is 5.10 Å². The fourth-order valence-corrected chi connectivity index (χ4v) is 1.94. The summed E-state index contributed by atoms with van der Waals surface area (Å²) in [5.41, 5.74) is -0.349. The van der Waals surface area contributed by atoms with Gasteiger partial charge >= 0.3 is 11.8 Å². The molecule has 0 bridgehead atoms. The topological polar surface area (TPSA) is 145 Å². The van der Waals surface area contributed by atoms with E-state index in [1.165, 1.54) is 17.9 Å². The smallest absolute Gasteiger partial charge is 0.362 e. The van der Waals surface area contributed by atoms with Crippen molar-refractivity contribution in [2.75, 3.05) is 11.9 Å². The van der Waals surface area contributed by atoms with E-state index in [9.17, 15) is 19.7 Å². The monoisotopic (exact) mass is 342 g/mol. The predicted molar refractivity (Wildman–Crippen MR) is 77.4 cm³/mol. The van der Waals surface area contributed by atoms with Gasteiger partial charge in [0.05, 0.1) is 12.8 Å². The molecule has 0 aliphatic heterocycles. The van der Waals surface area contributed by atoms with Crippen LogP contribution in [0.3, 0.4) is 0 Å². The number of aryl methyl sites for hydroxylation is 1. The van der Waals surface area contributed by atoms with Gasteiger partial charge in [0.15, 0.2) is 10.7 Å². The number of hydrogen-bond donors (Lipinski definition) is 2. The number of carbonyl (C=O) groups excluding carboxylic acids is 2. The van der Waals surface area contributed by atoms with E-state index >= 15 is 0 Å². The molecule has 2 N–H and O–H groups in total. The first-order valence-electron chi connectivity index (χ1n) is 6.25. The minimum absolute atomic E-state index is 0.0313. The maximum absolute atomic E-state index is 12.2. The quantitative estimate of drug-likeness (QED) is 0.470. The Morgan fingerprint density at radius 1 is 1.57 bits per heavy atom. The lowest BCUT2D eigenvalue weighted by Gasteiger charge is -2.06. The maximum atomic E-state index is 12.2. The van der Waals surface area contributed by atoms with Crippen LogP contribution in [-0.2, 0) is 11.8 Å². The molecule has 0 saturated heterocycles. The van der Waals surface area contributed by atoms with Crippen LogP contribution in [0.1, 0.15) is 27.8 Å². The third-order valence-electron chi connectivity index (χ3n) is 2.75. The molecule has 0 saturated carbocycles. The Bertz CT molecular complexity index is 782. The van der Waals surface area contributed by atoms with Crippen molar-refractivity contribution in [3.63, 3.8) is 0 Å². The number of carbonyl (C=O) groups is 2. The molecule has 2 aromatic heterocycles. The van der Waals surface area contributed by atoms with E-state index in [0.717, 1.165) is 0 Å². The normalized spacial score (nSPS) is 10.4. The summed E-state index contributed by atoms with van der Waals surface area (Å²) in [5.74, 6) is -2.06. The molecule has 2 heterocycles. The van der Waals surface area contributed by atoms with Gasteiger partial charge in [-0.2, -0.15) is 5.10 Å². The van der Waals surface area contributed by atoms with Crippen LogP contribution in [0.25, 0.3) is 0 Å². The van der Waals surface area contributed by atoms with E-state index in [0.29, 0.717) is 0 Å². The molecule has 1 amide bonds. The van der Waals surface area contributed by atoms with Crippen molar-refractivity contribution in [3.05, 3.63) is 32.6 Å². The first-order chi connectivity index (χ1) is 10.9. The van der Waals surface area contributed by atoms with Crippen LogP contribution in [0.15, 0.2) is 6.20 Å². The van der Waals surface area contributed by atoms with Gasteiger partial charge in [0, 0.05) is 7.05 Å². The average Bonchev–Trinajstić information content (AvgIpc) is 3.03. The molecule has 2 aromatic rings. The van der Waals surface area contributed by atoms with E-state index < -0.39 is 27.6 Å². The molecular weight excluding hydrogens is 332 g/mol. The minimum Gasteiger partial charge on any atom is -0.462 e. The molecule has 23 heavy (non-hydrogen) atoms. The summed E-state index contributed by atoms with van der Waals surface area (Å²) in [6.07, 6.45) is 1.22. The number of nitrogens with one attached hydrogen (secondary N) is 2. The SMILES string of the molecule is CCOC(=O)c1cnn(C)c1NC(=O)c1n[nH]c([N+](=O)[O-])c1Cl. The highest BCUT2D eigenvalue weighted by atomic mass is 35.5. The molecule has 11 nitrogen and oxygen atoms in total. The van der Waals surface area contributed by atoms with Crippen LogP contribution in [0.4, 0.5) is 11.6 Å². The van der Waals surface area contributed by atoms with Crippen molar-refractivity contribution in [3.8, 4) is 0 Å². The van der Waals surface area contributed by atoms with E-state index in [-0.39, 0.29) is 23.7 Å². The summed E-state index contributed by atoms with van der Waals surface area (Å²) >= 11 is 5.74.